The van der Waals surface area contributed by atoms with Gasteiger partial charge in [-0.2, -0.15) is 13.2 Å². The van der Waals surface area contributed by atoms with Crippen molar-refractivity contribution in [1.82, 2.24) is 10.2 Å². The number of benzene rings is 1. The van der Waals surface area contributed by atoms with Gasteiger partial charge in [-0.05, 0) is 31.0 Å². The summed E-state index contributed by atoms with van der Waals surface area (Å²) >= 11 is 5.80. The number of carbonyl (C=O) groups excluding carboxylic acids is 2. The predicted octanol–water partition coefficient (Wildman–Crippen LogP) is 3.49. The van der Waals surface area contributed by atoms with Crippen LogP contribution < -0.4 is 10.6 Å². The minimum atomic E-state index is -4.51. The Balaban J connectivity index is 1.80. The van der Waals surface area contributed by atoms with Crippen LogP contribution in [0.25, 0.3) is 0 Å². The maximum Gasteiger partial charge on any atom is 0.416 e. The van der Waals surface area contributed by atoms with E-state index in [0.29, 0.717) is 25.9 Å². The van der Waals surface area contributed by atoms with Crippen molar-refractivity contribution >= 4 is 29.2 Å². The van der Waals surface area contributed by atoms with Crippen LogP contribution in [0.3, 0.4) is 0 Å². The molecule has 0 saturated carbocycles. The van der Waals surface area contributed by atoms with Gasteiger partial charge in [-0.25, -0.2) is 4.79 Å². The third-order valence-corrected chi connectivity index (χ3v) is 3.93. The molecule has 1 aromatic rings. The second-order valence-electron chi connectivity index (χ2n) is 5.41. The minimum absolute atomic E-state index is 0.0146. The number of likely N-dealkylation sites (tertiary alicyclic amines) is 1. The number of rotatable bonds is 5. The van der Waals surface area contributed by atoms with E-state index in [4.69, 9.17) is 11.6 Å². The molecule has 0 atom stereocenters. The summed E-state index contributed by atoms with van der Waals surface area (Å²) in [6.07, 6.45) is -2.54. The number of hydrogen-bond donors (Lipinski definition) is 2. The summed E-state index contributed by atoms with van der Waals surface area (Å²) in [6.45, 7) is 1.57. The minimum Gasteiger partial charge on any atom is -0.343 e. The van der Waals surface area contributed by atoms with Gasteiger partial charge in [0.2, 0.25) is 5.91 Å². The van der Waals surface area contributed by atoms with E-state index in [-0.39, 0.29) is 16.6 Å². The fourth-order valence-corrected chi connectivity index (χ4v) is 2.54. The molecule has 2 rings (SSSR count). The summed E-state index contributed by atoms with van der Waals surface area (Å²) in [7, 11) is 0. The number of alkyl halides is 3. The standard InChI is InChI=1S/C15H17ClF3N3O2/c16-11-5-4-10(15(17,18)19)9-12(11)21-14(24)20-6-2-8-22-7-1-3-13(22)23/h4-5,9H,1-3,6-8H2,(H2,20,21,24). The Bertz CT molecular complexity index is 622. The molecule has 1 fully saturated rings. The number of nitrogens with zero attached hydrogens (tertiary/aromatic N) is 1. The molecule has 3 amide bonds. The molecular weight excluding hydrogens is 347 g/mol. The van der Waals surface area contributed by atoms with E-state index in [0.717, 1.165) is 31.2 Å². The van der Waals surface area contributed by atoms with Crippen molar-refractivity contribution in [3.63, 3.8) is 0 Å². The van der Waals surface area contributed by atoms with Crippen LogP contribution >= 0.6 is 11.6 Å². The fourth-order valence-electron chi connectivity index (χ4n) is 2.38. The molecule has 0 aromatic heterocycles. The van der Waals surface area contributed by atoms with Gasteiger partial charge >= 0.3 is 12.2 Å². The smallest absolute Gasteiger partial charge is 0.343 e. The molecule has 1 heterocycles. The first-order valence-corrected chi connectivity index (χ1v) is 7.84. The lowest BCUT2D eigenvalue weighted by Crippen LogP contribution is -2.33. The Kier molecular flexibility index (Phi) is 5.93. The molecule has 9 heteroatoms. The van der Waals surface area contributed by atoms with Gasteiger partial charge in [0.25, 0.3) is 0 Å². The van der Waals surface area contributed by atoms with Crippen molar-refractivity contribution in [3.8, 4) is 0 Å². The topological polar surface area (TPSA) is 61.4 Å². The van der Waals surface area contributed by atoms with E-state index in [9.17, 15) is 22.8 Å². The Morgan fingerprint density at radius 3 is 2.71 bits per heavy atom. The highest BCUT2D eigenvalue weighted by molar-refractivity contribution is 6.33. The first-order chi connectivity index (χ1) is 11.3. The molecule has 0 spiro atoms. The average Bonchev–Trinajstić information content (AvgIpc) is 2.90. The van der Waals surface area contributed by atoms with E-state index < -0.39 is 17.8 Å². The maximum absolute atomic E-state index is 12.7. The van der Waals surface area contributed by atoms with Crippen LogP contribution in [-0.2, 0) is 11.0 Å². The van der Waals surface area contributed by atoms with Crippen molar-refractivity contribution in [1.29, 1.82) is 0 Å². The molecule has 0 aliphatic carbocycles. The van der Waals surface area contributed by atoms with Gasteiger partial charge in [-0.3, -0.25) is 4.79 Å². The highest BCUT2D eigenvalue weighted by Crippen LogP contribution is 2.33. The first kappa shape index (κ1) is 18.4. The van der Waals surface area contributed by atoms with Crippen molar-refractivity contribution in [2.75, 3.05) is 25.0 Å². The van der Waals surface area contributed by atoms with Gasteiger partial charge in [0.1, 0.15) is 0 Å². The van der Waals surface area contributed by atoms with Crippen molar-refractivity contribution in [3.05, 3.63) is 28.8 Å². The molecule has 1 saturated heterocycles. The van der Waals surface area contributed by atoms with E-state index in [1.165, 1.54) is 0 Å². The van der Waals surface area contributed by atoms with Crippen LogP contribution in [0.15, 0.2) is 18.2 Å². The third kappa shape index (κ3) is 5.02. The van der Waals surface area contributed by atoms with Crippen LogP contribution in [0, 0.1) is 0 Å². The number of amides is 3. The number of hydrogen-bond acceptors (Lipinski definition) is 2. The monoisotopic (exact) mass is 363 g/mol. The van der Waals surface area contributed by atoms with Gasteiger partial charge in [0, 0.05) is 26.1 Å². The zero-order valence-corrected chi connectivity index (χ0v) is 13.5. The maximum atomic E-state index is 12.7. The van der Waals surface area contributed by atoms with Crippen LogP contribution in [0.5, 0.6) is 0 Å². The van der Waals surface area contributed by atoms with Gasteiger partial charge in [-0.1, -0.05) is 11.6 Å². The summed E-state index contributed by atoms with van der Waals surface area (Å²) in [4.78, 5) is 24.9. The first-order valence-electron chi connectivity index (χ1n) is 7.47. The highest BCUT2D eigenvalue weighted by atomic mass is 35.5. The van der Waals surface area contributed by atoms with Gasteiger partial charge in [0.05, 0.1) is 16.3 Å². The van der Waals surface area contributed by atoms with Crippen LogP contribution in [0.4, 0.5) is 23.7 Å². The predicted molar refractivity (Wildman–Crippen MR) is 83.9 cm³/mol. The molecule has 0 unspecified atom stereocenters. The lowest BCUT2D eigenvalue weighted by Gasteiger charge is -2.16. The van der Waals surface area contributed by atoms with Gasteiger partial charge in [-0.15, -0.1) is 0 Å². The lowest BCUT2D eigenvalue weighted by atomic mass is 10.2. The zero-order valence-electron chi connectivity index (χ0n) is 12.8. The van der Waals surface area contributed by atoms with E-state index in [1.54, 1.807) is 4.90 Å². The van der Waals surface area contributed by atoms with Crippen LogP contribution in [0.2, 0.25) is 5.02 Å². The molecule has 0 bridgehead atoms. The Morgan fingerprint density at radius 2 is 2.08 bits per heavy atom. The largest absolute Gasteiger partial charge is 0.416 e. The Labute approximate surface area is 142 Å². The molecule has 1 aliphatic heterocycles. The average molecular weight is 364 g/mol. The van der Waals surface area contributed by atoms with Crippen molar-refractivity contribution < 1.29 is 22.8 Å². The molecule has 5 nitrogen and oxygen atoms in total. The van der Waals surface area contributed by atoms with E-state index >= 15 is 0 Å². The second kappa shape index (κ2) is 7.74. The Morgan fingerprint density at radius 1 is 1.33 bits per heavy atom. The summed E-state index contributed by atoms with van der Waals surface area (Å²) < 4.78 is 38.0. The van der Waals surface area contributed by atoms with Crippen molar-refractivity contribution in [2.45, 2.75) is 25.4 Å². The van der Waals surface area contributed by atoms with E-state index in [1.807, 2.05) is 0 Å². The van der Waals surface area contributed by atoms with Gasteiger partial charge in [0.15, 0.2) is 0 Å². The van der Waals surface area contributed by atoms with Gasteiger partial charge < -0.3 is 15.5 Å². The fraction of sp³-hybridized carbons (Fsp3) is 0.467. The SMILES string of the molecule is O=C(NCCCN1CCCC1=O)Nc1cc(C(F)(F)F)ccc1Cl. The van der Waals surface area contributed by atoms with Crippen molar-refractivity contribution in [2.24, 2.45) is 0 Å². The molecule has 1 aliphatic rings. The van der Waals surface area contributed by atoms with E-state index in [2.05, 4.69) is 10.6 Å². The zero-order chi connectivity index (χ0) is 17.7. The third-order valence-electron chi connectivity index (χ3n) is 3.60. The van der Waals surface area contributed by atoms with Crippen LogP contribution in [-0.4, -0.2) is 36.5 Å². The summed E-state index contributed by atoms with van der Waals surface area (Å²) in [6, 6.07) is 2.06. The summed E-state index contributed by atoms with van der Waals surface area (Å²) in [5, 5.41) is 4.84. The molecule has 24 heavy (non-hydrogen) atoms. The summed E-state index contributed by atoms with van der Waals surface area (Å²) in [5.74, 6) is 0.107. The quantitative estimate of drug-likeness (QED) is 0.787. The number of nitrogens with one attached hydrogen (secondary N) is 2. The number of halogens is 4. The number of anilines is 1. The number of carbonyl (C=O) groups is 2. The second-order valence-corrected chi connectivity index (χ2v) is 5.82. The highest BCUT2D eigenvalue weighted by Gasteiger charge is 2.31. The lowest BCUT2D eigenvalue weighted by molar-refractivity contribution is -0.137. The Hall–Kier alpha value is -1.96. The summed E-state index contributed by atoms with van der Waals surface area (Å²) in [5.41, 5.74) is -1.01. The number of urea groups is 1. The normalized spacial score (nSPS) is 14.8. The molecule has 1 aromatic carbocycles. The molecule has 0 radical (unpaired) electrons. The molecular formula is C15H17ClF3N3O2. The molecule has 132 valence electrons. The molecule has 2 N–H and O–H groups in total. The van der Waals surface area contributed by atoms with Crippen LogP contribution in [0.1, 0.15) is 24.8 Å².